The van der Waals surface area contributed by atoms with Gasteiger partial charge in [0.1, 0.15) is 0 Å². The molecule has 1 aromatic heterocycles. The summed E-state index contributed by atoms with van der Waals surface area (Å²) in [6.07, 6.45) is 4.22. The number of hydrogen-bond donors (Lipinski definition) is 2. The summed E-state index contributed by atoms with van der Waals surface area (Å²) in [5.41, 5.74) is 1.14. The average molecular weight is 195 g/mol. The van der Waals surface area contributed by atoms with Gasteiger partial charge >= 0.3 is 0 Å². The van der Waals surface area contributed by atoms with Gasteiger partial charge in [-0.3, -0.25) is 4.98 Å². The summed E-state index contributed by atoms with van der Waals surface area (Å²) < 4.78 is 0. The first-order chi connectivity index (χ1) is 6.74. The molecule has 0 saturated carbocycles. The smallest absolute Gasteiger partial charge is 0.0802 e. The number of aliphatic hydroxyl groups is 2. The fourth-order valence-electron chi connectivity index (χ4n) is 1.33. The molecular weight excluding hydrogens is 178 g/mol. The van der Waals surface area contributed by atoms with E-state index in [9.17, 15) is 10.2 Å². The van der Waals surface area contributed by atoms with Crippen molar-refractivity contribution in [1.29, 1.82) is 0 Å². The molecular formula is C11H17NO2. The number of aryl methyl sites for hydroxylation is 1. The fourth-order valence-corrected chi connectivity index (χ4v) is 1.33. The zero-order chi connectivity index (χ0) is 10.4. The summed E-state index contributed by atoms with van der Waals surface area (Å²) in [5, 5.41) is 18.9. The van der Waals surface area contributed by atoms with Crippen LogP contribution in [-0.4, -0.2) is 27.4 Å². The maximum Gasteiger partial charge on any atom is 0.0802 e. The van der Waals surface area contributed by atoms with Crippen molar-refractivity contribution < 1.29 is 10.2 Å². The van der Waals surface area contributed by atoms with Crippen molar-refractivity contribution in [2.24, 2.45) is 0 Å². The van der Waals surface area contributed by atoms with Crippen LogP contribution in [0.1, 0.15) is 25.3 Å². The van der Waals surface area contributed by atoms with Gasteiger partial charge in [0.25, 0.3) is 0 Å². The van der Waals surface area contributed by atoms with E-state index in [1.165, 1.54) is 0 Å². The van der Waals surface area contributed by atoms with Gasteiger partial charge in [0.05, 0.1) is 12.2 Å². The van der Waals surface area contributed by atoms with Crippen LogP contribution in [0.3, 0.4) is 0 Å². The molecule has 0 aliphatic carbocycles. The average Bonchev–Trinajstić information content (AvgIpc) is 2.26. The van der Waals surface area contributed by atoms with Crippen molar-refractivity contribution in [3.63, 3.8) is 0 Å². The summed E-state index contributed by atoms with van der Waals surface area (Å²) in [5.74, 6) is 0. The van der Waals surface area contributed by atoms with Gasteiger partial charge < -0.3 is 10.2 Å². The third kappa shape index (κ3) is 3.44. The van der Waals surface area contributed by atoms with E-state index >= 15 is 0 Å². The third-order valence-electron chi connectivity index (χ3n) is 2.34. The first-order valence-corrected chi connectivity index (χ1v) is 4.99. The molecule has 0 radical (unpaired) electrons. The van der Waals surface area contributed by atoms with Crippen LogP contribution in [0.25, 0.3) is 0 Å². The number of rotatable bonds is 5. The predicted octanol–water partition coefficient (Wildman–Crippen LogP) is 1.15. The highest BCUT2D eigenvalue weighted by atomic mass is 16.3. The standard InChI is InChI=1S/C11H17NO2/c1-2-10(13)11(14)4-3-9-5-7-12-8-6-9/h5-8,10-11,13-14H,2-4H2,1H3. The minimum atomic E-state index is -0.617. The number of nitrogens with zero attached hydrogens (tertiary/aromatic N) is 1. The second-order valence-corrected chi connectivity index (χ2v) is 3.44. The third-order valence-corrected chi connectivity index (χ3v) is 2.34. The maximum absolute atomic E-state index is 9.51. The van der Waals surface area contributed by atoms with Crippen molar-refractivity contribution in [3.05, 3.63) is 30.1 Å². The number of hydrogen-bond acceptors (Lipinski definition) is 3. The SMILES string of the molecule is CCC(O)C(O)CCc1ccncc1. The highest BCUT2D eigenvalue weighted by Crippen LogP contribution is 2.08. The normalized spacial score (nSPS) is 15.1. The van der Waals surface area contributed by atoms with Gasteiger partial charge in [0.2, 0.25) is 0 Å². The van der Waals surface area contributed by atoms with Gasteiger partial charge in [-0.2, -0.15) is 0 Å². The van der Waals surface area contributed by atoms with Gasteiger partial charge in [-0.1, -0.05) is 6.92 Å². The quantitative estimate of drug-likeness (QED) is 0.741. The fraction of sp³-hybridized carbons (Fsp3) is 0.545. The molecule has 2 atom stereocenters. The Kier molecular flexibility index (Phi) is 4.56. The van der Waals surface area contributed by atoms with Crippen molar-refractivity contribution in [2.75, 3.05) is 0 Å². The second-order valence-electron chi connectivity index (χ2n) is 3.44. The highest BCUT2D eigenvalue weighted by Gasteiger charge is 2.13. The Morgan fingerprint density at radius 3 is 2.43 bits per heavy atom. The summed E-state index contributed by atoms with van der Waals surface area (Å²) >= 11 is 0. The monoisotopic (exact) mass is 195 g/mol. The number of aromatic nitrogens is 1. The van der Waals surface area contributed by atoms with Crippen LogP contribution in [0.4, 0.5) is 0 Å². The maximum atomic E-state index is 9.51. The summed E-state index contributed by atoms with van der Waals surface area (Å²) in [6, 6.07) is 3.84. The van der Waals surface area contributed by atoms with Crippen LogP contribution in [-0.2, 0) is 6.42 Å². The molecule has 0 saturated heterocycles. The Balaban J connectivity index is 2.34. The Morgan fingerprint density at radius 2 is 1.86 bits per heavy atom. The Morgan fingerprint density at radius 1 is 1.21 bits per heavy atom. The van der Waals surface area contributed by atoms with Gasteiger partial charge in [-0.05, 0) is 37.0 Å². The highest BCUT2D eigenvalue weighted by molar-refractivity contribution is 5.09. The summed E-state index contributed by atoms with van der Waals surface area (Å²) in [6.45, 7) is 1.86. The molecule has 0 aliphatic heterocycles. The number of pyridine rings is 1. The van der Waals surface area contributed by atoms with E-state index in [4.69, 9.17) is 0 Å². The lowest BCUT2D eigenvalue weighted by atomic mass is 10.0. The molecule has 0 aromatic carbocycles. The number of aliphatic hydroxyl groups excluding tert-OH is 2. The van der Waals surface area contributed by atoms with Crippen LogP contribution in [0.2, 0.25) is 0 Å². The zero-order valence-corrected chi connectivity index (χ0v) is 8.43. The van der Waals surface area contributed by atoms with Gasteiger partial charge in [0.15, 0.2) is 0 Å². The first-order valence-electron chi connectivity index (χ1n) is 4.99. The van der Waals surface area contributed by atoms with Gasteiger partial charge in [-0.15, -0.1) is 0 Å². The molecule has 0 bridgehead atoms. The molecule has 1 aromatic rings. The van der Waals surface area contributed by atoms with Crippen molar-refractivity contribution >= 4 is 0 Å². The van der Waals surface area contributed by atoms with Gasteiger partial charge in [-0.25, -0.2) is 0 Å². The lowest BCUT2D eigenvalue weighted by Gasteiger charge is -2.15. The van der Waals surface area contributed by atoms with Crippen LogP contribution in [0.5, 0.6) is 0 Å². The van der Waals surface area contributed by atoms with Crippen molar-refractivity contribution in [3.8, 4) is 0 Å². The van der Waals surface area contributed by atoms with Crippen molar-refractivity contribution in [1.82, 2.24) is 4.98 Å². The first kappa shape index (κ1) is 11.1. The molecule has 78 valence electrons. The van der Waals surface area contributed by atoms with Crippen molar-refractivity contribution in [2.45, 2.75) is 38.4 Å². The molecule has 0 spiro atoms. The van der Waals surface area contributed by atoms with Crippen LogP contribution >= 0.6 is 0 Å². The van der Waals surface area contributed by atoms with Crippen LogP contribution in [0, 0.1) is 0 Å². The molecule has 0 fully saturated rings. The molecule has 1 rings (SSSR count). The molecule has 3 heteroatoms. The second kappa shape index (κ2) is 5.73. The van der Waals surface area contributed by atoms with E-state index in [1.807, 2.05) is 19.1 Å². The topological polar surface area (TPSA) is 53.4 Å². The Labute approximate surface area is 84.4 Å². The summed E-state index contributed by atoms with van der Waals surface area (Å²) in [4.78, 5) is 3.91. The van der Waals surface area contributed by atoms with E-state index in [2.05, 4.69) is 4.98 Å². The minimum Gasteiger partial charge on any atom is -0.390 e. The van der Waals surface area contributed by atoms with Crippen LogP contribution < -0.4 is 0 Å². The van der Waals surface area contributed by atoms with E-state index < -0.39 is 12.2 Å². The predicted molar refractivity (Wildman–Crippen MR) is 54.9 cm³/mol. The molecule has 2 unspecified atom stereocenters. The lowest BCUT2D eigenvalue weighted by molar-refractivity contribution is 0.0130. The summed E-state index contributed by atoms with van der Waals surface area (Å²) in [7, 11) is 0. The Bertz CT molecular complexity index is 251. The Hall–Kier alpha value is -0.930. The molecule has 0 amide bonds. The largest absolute Gasteiger partial charge is 0.390 e. The molecule has 2 N–H and O–H groups in total. The van der Waals surface area contributed by atoms with E-state index in [0.29, 0.717) is 12.8 Å². The molecule has 0 aliphatic rings. The molecule has 14 heavy (non-hydrogen) atoms. The van der Waals surface area contributed by atoms with E-state index in [-0.39, 0.29) is 0 Å². The van der Waals surface area contributed by atoms with Crippen LogP contribution in [0.15, 0.2) is 24.5 Å². The molecule has 3 nitrogen and oxygen atoms in total. The minimum absolute atomic E-state index is 0.595. The lowest BCUT2D eigenvalue weighted by Crippen LogP contribution is -2.25. The van der Waals surface area contributed by atoms with Gasteiger partial charge in [0, 0.05) is 12.4 Å². The van der Waals surface area contributed by atoms with E-state index in [0.717, 1.165) is 12.0 Å². The van der Waals surface area contributed by atoms with E-state index in [1.54, 1.807) is 12.4 Å². The molecule has 1 heterocycles. The zero-order valence-electron chi connectivity index (χ0n) is 8.43.